The second-order valence-corrected chi connectivity index (χ2v) is 8.44. The molecule has 0 spiro atoms. The van der Waals surface area contributed by atoms with E-state index in [0.29, 0.717) is 40.3 Å². The van der Waals surface area contributed by atoms with E-state index in [1.807, 2.05) is 24.3 Å². The second-order valence-electron chi connectivity index (χ2n) is 6.77. The van der Waals surface area contributed by atoms with Gasteiger partial charge in [-0.05, 0) is 60.0 Å². The molecule has 31 heavy (non-hydrogen) atoms. The van der Waals surface area contributed by atoms with Gasteiger partial charge in [-0.25, -0.2) is 4.79 Å². The normalized spacial score (nSPS) is 10.6. The number of benzene rings is 3. The largest absolute Gasteiger partial charge is 0.493 e. The number of nitrogens with one attached hydrogen (secondary N) is 1. The topological polar surface area (TPSA) is 67.8 Å². The van der Waals surface area contributed by atoms with Gasteiger partial charge in [0.05, 0.1) is 22.7 Å². The van der Waals surface area contributed by atoms with Crippen molar-refractivity contribution >= 4 is 50.8 Å². The van der Waals surface area contributed by atoms with Crippen LogP contribution in [0.2, 0.25) is 10.0 Å². The second kappa shape index (κ2) is 10.3. The van der Waals surface area contributed by atoms with Crippen molar-refractivity contribution < 1.29 is 19.4 Å². The Hall–Kier alpha value is -2.41. The van der Waals surface area contributed by atoms with Crippen LogP contribution in [0.4, 0.5) is 5.69 Å². The van der Waals surface area contributed by atoms with E-state index in [2.05, 4.69) is 21.2 Å². The van der Waals surface area contributed by atoms with Crippen molar-refractivity contribution in [3.63, 3.8) is 0 Å². The Morgan fingerprint density at radius 1 is 1.10 bits per heavy atom. The van der Waals surface area contributed by atoms with Gasteiger partial charge < -0.3 is 19.9 Å². The Bertz CT molecular complexity index is 1120. The van der Waals surface area contributed by atoms with Crippen LogP contribution in [-0.2, 0) is 13.2 Å². The fourth-order valence-electron chi connectivity index (χ4n) is 3.02. The van der Waals surface area contributed by atoms with Crippen LogP contribution in [0.5, 0.6) is 11.5 Å². The molecule has 3 aromatic rings. The van der Waals surface area contributed by atoms with Crippen molar-refractivity contribution in [3.05, 3.63) is 85.3 Å². The number of rotatable bonds is 8. The van der Waals surface area contributed by atoms with Gasteiger partial charge in [-0.1, -0.05) is 51.3 Å². The summed E-state index contributed by atoms with van der Waals surface area (Å²) in [4.78, 5) is 11.3. The van der Waals surface area contributed by atoms with Crippen LogP contribution in [0.1, 0.15) is 27.0 Å². The lowest BCUT2D eigenvalue weighted by atomic mass is 10.1. The lowest BCUT2D eigenvalue weighted by Gasteiger charge is -2.16. The number of ether oxygens (including phenoxy) is 2. The third-order valence-corrected chi connectivity index (χ3v) is 6.22. The van der Waals surface area contributed by atoms with Gasteiger partial charge in [-0.2, -0.15) is 0 Å². The predicted molar refractivity (Wildman–Crippen MR) is 127 cm³/mol. The summed E-state index contributed by atoms with van der Waals surface area (Å²) in [6, 6.07) is 14.2. The average molecular weight is 525 g/mol. The monoisotopic (exact) mass is 523 g/mol. The van der Waals surface area contributed by atoms with E-state index < -0.39 is 5.97 Å². The van der Waals surface area contributed by atoms with Crippen molar-refractivity contribution in [2.24, 2.45) is 0 Å². The molecule has 8 heteroatoms. The number of hydrogen-bond acceptors (Lipinski definition) is 4. The van der Waals surface area contributed by atoms with Gasteiger partial charge in [0.15, 0.2) is 11.5 Å². The highest BCUT2D eigenvalue weighted by Crippen LogP contribution is 2.35. The highest BCUT2D eigenvalue weighted by atomic mass is 79.9. The number of carboxylic acid groups (broad SMARTS) is 1. The zero-order valence-electron chi connectivity index (χ0n) is 16.8. The Balaban J connectivity index is 1.75. The molecule has 3 rings (SSSR count). The smallest absolute Gasteiger partial charge is 0.336 e. The molecule has 3 aromatic carbocycles. The molecule has 0 aliphatic heterocycles. The number of halogens is 3. The summed E-state index contributed by atoms with van der Waals surface area (Å²) >= 11 is 15.6. The fraction of sp³-hybridized carbons (Fsp3) is 0.174. The minimum atomic E-state index is -0.951. The first-order valence-corrected chi connectivity index (χ1v) is 10.8. The molecule has 0 saturated carbocycles. The minimum Gasteiger partial charge on any atom is -0.493 e. The molecule has 0 bridgehead atoms. The van der Waals surface area contributed by atoms with Crippen molar-refractivity contribution in [2.75, 3.05) is 12.4 Å². The van der Waals surface area contributed by atoms with E-state index in [-0.39, 0.29) is 5.56 Å². The first-order valence-electron chi connectivity index (χ1n) is 9.30. The van der Waals surface area contributed by atoms with Gasteiger partial charge in [-0.15, -0.1) is 0 Å². The van der Waals surface area contributed by atoms with E-state index in [4.69, 9.17) is 32.7 Å². The molecule has 0 radical (unpaired) electrons. The van der Waals surface area contributed by atoms with E-state index in [1.165, 1.54) is 0 Å². The first kappa shape index (κ1) is 23.3. The van der Waals surface area contributed by atoms with Gasteiger partial charge in [0, 0.05) is 16.7 Å². The highest BCUT2D eigenvalue weighted by molar-refractivity contribution is 9.10. The van der Waals surface area contributed by atoms with E-state index >= 15 is 0 Å². The van der Waals surface area contributed by atoms with Crippen LogP contribution in [0.15, 0.2) is 53.0 Å². The molecule has 162 valence electrons. The van der Waals surface area contributed by atoms with E-state index in [9.17, 15) is 9.90 Å². The van der Waals surface area contributed by atoms with Gasteiger partial charge in [-0.3, -0.25) is 0 Å². The van der Waals surface area contributed by atoms with Gasteiger partial charge in [0.25, 0.3) is 0 Å². The van der Waals surface area contributed by atoms with Crippen LogP contribution in [-0.4, -0.2) is 18.2 Å². The molecule has 0 atom stereocenters. The summed E-state index contributed by atoms with van der Waals surface area (Å²) in [7, 11) is 1.58. The molecule has 5 nitrogen and oxygen atoms in total. The molecule has 0 aromatic heterocycles. The maximum Gasteiger partial charge on any atom is 0.336 e. The number of hydrogen-bond donors (Lipinski definition) is 2. The van der Waals surface area contributed by atoms with Gasteiger partial charge in [0.2, 0.25) is 0 Å². The van der Waals surface area contributed by atoms with Gasteiger partial charge in [0.1, 0.15) is 6.61 Å². The zero-order chi connectivity index (χ0) is 22.5. The van der Waals surface area contributed by atoms with Crippen LogP contribution in [0, 0.1) is 6.92 Å². The third kappa shape index (κ3) is 5.64. The highest BCUT2D eigenvalue weighted by Gasteiger charge is 2.13. The summed E-state index contributed by atoms with van der Waals surface area (Å²) in [5, 5.41) is 13.6. The fourth-order valence-corrected chi connectivity index (χ4v) is 3.81. The average Bonchev–Trinajstić information content (AvgIpc) is 2.74. The lowest BCUT2D eigenvalue weighted by Crippen LogP contribution is -2.06. The van der Waals surface area contributed by atoms with Crippen molar-refractivity contribution in [2.45, 2.75) is 20.1 Å². The standard InChI is InChI=1S/C23H20BrCl2NO4/c1-13-16(23(28)29)4-3-5-20(13)27-11-15-9-21(30-2)22(10-17(15)24)31-12-14-6-7-18(25)19(26)8-14/h3-10,27H,11-12H2,1-2H3,(H,28,29). The molecular formula is C23H20BrCl2NO4. The molecule has 0 saturated heterocycles. The van der Waals surface area contributed by atoms with Crippen LogP contribution < -0.4 is 14.8 Å². The third-order valence-electron chi connectivity index (χ3n) is 4.74. The first-order chi connectivity index (χ1) is 14.8. The molecule has 0 heterocycles. The number of carboxylic acids is 1. The summed E-state index contributed by atoms with van der Waals surface area (Å²) in [6.45, 7) is 2.55. The molecule has 0 unspecified atom stereocenters. The number of anilines is 1. The Morgan fingerprint density at radius 3 is 2.55 bits per heavy atom. The number of aromatic carboxylic acids is 1. The van der Waals surface area contributed by atoms with Crippen molar-refractivity contribution in [3.8, 4) is 11.5 Å². The van der Waals surface area contributed by atoms with Gasteiger partial charge >= 0.3 is 5.97 Å². The quantitative estimate of drug-likeness (QED) is 0.333. The zero-order valence-corrected chi connectivity index (χ0v) is 19.9. The summed E-state index contributed by atoms with van der Waals surface area (Å²) in [6.07, 6.45) is 0. The van der Waals surface area contributed by atoms with Crippen LogP contribution in [0.25, 0.3) is 0 Å². The van der Waals surface area contributed by atoms with Crippen LogP contribution >= 0.6 is 39.1 Å². The SMILES string of the molecule is COc1cc(CNc2cccc(C(=O)O)c2C)c(Br)cc1OCc1ccc(Cl)c(Cl)c1. The number of carbonyl (C=O) groups is 1. The maximum absolute atomic E-state index is 11.3. The van der Waals surface area contributed by atoms with Crippen LogP contribution in [0.3, 0.4) is 0 Å². The maximum atomic E-state index is 11.3. The molecular weight excluding hydrogens is 505 g/mol. The minimum absolute atomic E-state index is 0.271. The Kier molecular flexibility index (Phi) is 7.70. The molecule has 0 aliphatic rings. The summed E-state index contributed by atoms with van der Waals surface area (Å²) in [5.74, 6) is 0.205. The van der Waals surface area contributed by atoms with Crippen molar-refractivity contribution in [1.82, 2.24) is 0 Å². The number of methoxy groups -OCH3 is 1. The Labute approximate surface area is 199 Å². The van der Waals surface area contributed by atoms with E-state index in [0.717, 1.165) is 21.3 Å². The predicted octanol–water partition coefficient (Wildman–Crippen LogP) is 6.96. The molecule has 0 fully saturated rings. The molecule has 0 aliphatic carbocycles. The molecule has 2 N–H and O–H groups in total. The Morgan fingerprint density at radius 2 is 1.87 bits per heavy atom. The van der Waals surface area contributed by atoms with Crippen molar-refractivity contribution in [1.29, 1.82) is 0 Å². The summed E-state index contributed by atoms with van der Waals surface area (Å²) in [5.41, 5.74) is 3.52. The summed E-state index contributed by atoms with van der Waals surface area (Å²) < 4.78 is 12.3. The van der Waals surface area contributed by atoms with E-state index in [1.54, 1.807) is 38.3 Å². The lowest BCUT2D eigenvalue weighted by molar-refractivity contribution is 0.0696. The molecule has 0 amide bonds.